The highest BCUT2D eigenvalue weighted by Gasteiger charge is 2.27. The summed E-state index contributed by atoms with van der Waals surface area (Å²) in [5.74, 6) is 2.08. The first-order chi connectivity index (χ1) is 14.0. The Morgan fingerprint density at radius 3 is 2.41 bits per heavy atom. The van der Waals surface area contributed by atoms with Gasteiger partial charge in [0, 0.05) is 5.56 Å². The molecule has 2 aliphatic rings. The largest absolute Gasteiger partial charge is 0.493 e. The van der Waals surface area contributed by atoms with Crippen molar-refractivity contribution in [1.82, 2.24) is 0 Å². The Kier molecular flexibility index (Phi) is 5.06. The summed E-state index contributed by atoms with van der Waals surface area (Å²) in [5.41, 5.74) is 1.38. The minimum Gasteiger partial charge on any atom is -0.493 e. The molecule has 0 saturated heterocycles. The molecule has 0 saturated carbocycles. The lowest BCUT2D eigenvalue weighted by molar-refractivity contribution is -0.129. The number of carbonyl (C=O) groups is 1. The molecule has 0 bridgehead atoms. The van der Waals surface area contributed by atoms with Gasteiger partial charge >= 0.3 is 5.97 Å². The van der Waals surface area contributed by atoms with Crippen molar-refractivity contribution < 1.29 is 33.2 Å². The number of ether oxygens (including phenoxy) is 6. The second kappa shape index (κ2) is 7.67. The summed E-state index contributed by atoms with van der Waals surface area (Å²) in [6.45, 7) is 0.152. The van der Waals surface area contributed by atoms with Crippen LogP contribution in [0.1, 0.15) is 11.1 Å². The van der Waals surface area contributed by atoms with Gasteiger partial charge in [-0.05, 0) is 51.8 Å². The van der Waals surface area contributed by atoms with Gasteiger partial charge in [-0.3, -0.25) is 0 Å². The van der Waals surface area contributed by atoms with Gasteiger partial charge in [-0.25, -0.2) is 9.79 Å². The number of esters is 1. The molecule has 9 heteroatoms. The quantitative estimate of drug-likeness (QED) is 0.497. The van der Waals surface area contributed by atoms with Gasteiger partial charge in [0.1, 0.15) is 0 Å². The summed E-state index contributed by atoms with van der Waals surface area (Å²) >= 11 is 3.43. The molecule has 0 fully saturated rings. The Balaban J connectivity index is 1.71. The smallest absolute Gasteiger partial charge is 0.363 e. The summed E-state index contributed by atoms with van der Waals surface area (Å²) in [6, 6.07) is 6.89. The van der Waals surface area contributed by atoms with E-state index in [2.05, 4.69) is 20.9 Å². The van der Waals surface area contributed by atoms with E-state index in [1.807, 2.05) is 0 Å². The second-order valence-electron chi connectivity index (χ2n) is 5.99. The first kappa shape index (κ1) is 19.1. The number of aliphatic imine (C=N–C) groups is 1. The molecule has 0 amide bonds. The molecule has 8 nitrogen and oxygen atoms in total. The van der Waals surface area contributed by atoms with Crippen molar-refractivity contribution in [1.29, 1.82) is 0 Å². The molecule has 0 radical (unpaired) electrons. The molecular weight excluding hydrogens is 446 g/mol. The lowest BCUT2D eigenvalue weighted by Crippen LogP contribution is -2.06. The van der Waals surface area contributed by atoms with E-state index in [1.54, 1.807) is 30.3 Å². The standard InChI is InChI=1S/C20H16BrNO7/c1-24-14-7-11(8-15(25-2)18(14)26-3)19-22-13(20(23)29-19)5-10-4-12(21)17-16(6-10)27-9-28-17/h4-8H,9H2,1-3H3. The van der Waals surface area contributed by atoms with Gasteiger partial charge in [-0.1, -0.05) is 0 Å². The molecule has 0 N–H and O–H groups in total. The molecular formula is C20H16BrNO7. The van der Waals surface area contributed by atoms with E-state index in [1.165, 1.54) is 21.3 Å². The SMILES string of the molecule is COc1cc(C2=NC(=Cc3cc(Br)c4c(c3)OCO4)C(=O)O2)cc(OC)c1OC. The van der Waals surface area contributed by atoms with Crippen molar-refractivity contribution in [3.63, 3.8) is 0 Å². The number of benzene rings is 2. The third-order valence-electron chi connectivity index (χ3n) is 4.29. The maximum absolute atomic E-state index is 12.4. The van der Waals surface area contributed by atoms with Gasteiger partial charge in [0.15, 0.2) is 28.7 Å². The fraction of sp³-hybridized carbons (Fsp3) is 0.200. The van der Waals surface area contributed by atoms with Crippen LogP contribution in [0.3, 0.4) is 0 Å². The van der Waals surface area contributed by atoms with Crippen LogP contribution >= 0.6 is 15.9 Å². The highest BCUT2D eigenvalue weighted by Crippen LogP contribution is 2.41. The first-order valence-corrected chi connectivity index (χ1v) is 9.25. The molecule has 0 aliphatic carbocycles. The number of halogens is 1. The lowest BCUT2D eigenvalue weighted by Gasteiger charge is -2.13. The van der Waals surface area contributed by atoms with Crippen molar-refractivity contribution in [2.24, 2.45) is 4.99 Å². The topological polar surface area (TPSA) is 84.8 Å². The molecule has 0 atom stereocenters. The van der Waals surface area contributed by atoms with E-state index in [9.17, 15) is 4.79 Å². The molecule has 0 aromatic heterocycles. The molecule has 2 heterocycles. The van der Waals surface area contributed by atoms with Crippen LogP contribution < -0.4 is 23.7 Å². The highest BCUT2D eigenvalue weighted by molar-refractivity contribution is 9.10. The minimum absolute atomic E-state index is 0.139. The second-order valence-corrected chi connectivity index (χ2v) is 6.84. The number of nitrogens with zero attached hydrogens (tertiary/aromatic N) is 1. The monoisotopic (exact) mass is 461 g/mol. The Morgan fingerprint density at radius 1 is 1.03 bits per heavy atom. The first-order valence-electron chi connectivity index (χ1n) is 8.46. The van der Waals surface area contributed by atoms with E-state index >= 15 is 0 Å². The molecule has 150 valence electrons. The van der Waals surface area contributed by atoms with Crippen LogP contribution in [0, 0.1) is 0 Å². The van der Waals surface area contributed by atoms with Crippen molar-refractivity contribution in [2.75, 3.05) is 28.1 Å². The Bertz CT molecular complexity index is 1040. The number of methoxy groups -OCH3 is 3. The van der Waals surface area contributed by atoms with Crippen molar-refractivity contribution in [2.45, 2.75) is 0 Å². The van der Waals surface area contributed by atoms with Gasteiger partial charge < -0.3 is 28.4 Å². The van der Waals surface area contributed by atoms with Crippen LogP contribution in [0.4, 0.5) is 0 Å². The van der Waals surface area contributed by atoms with E-state index in [4.69, 9.17) is 28.4 Å². The number of fused-ring (bicyclic) bond motifs is 1. The maximum atomic E-state index is 12.4. The number of rotatable bonds is 5. The highest BCUT2D eigenvalue weighted by atomic mass is 79.9. The molecule has 2 aromatic rings. The van der Waals surface area contributed by atoms with Gasteiger partial charge in [0.2, 0.25) is 18.4 Å². The molecule has 0 spiro atoms. The number of hydrogen-bond acceptors (Lipinski definition) is 8. The van der Waals surface area contributed by atoms with Crippen LogP contribution in [0.25, 0.3) is 6.08 Å². The summed E-state index contributed by atoms with van der Waals surface area (Å²) in [7, 11) is 4.52. The van der Waals surface area contributed by atoms with Crippen LogP contribution in [0.2, 0.25) is 0 Å². The van der Waals surface area contributed by atoms with Crippen molar-refractivity contribution in [3.05, 3.63) is 45.6 Å². The van der Waals surface area contributed by atoms with E-state index in [0.717, 1.165) is 4.47 Å². The summed E-state index contributed by atoms with van der Waals surface area (Å²) < 4.78 is 32.8. The Hall–Kier alpha value is -3.20. The number of cyclic esters (lactones) is 1. The van der Waals surface area contributed by atoms with Crippen LogP contribution in [-0.4, -0.2) is 40.0 Å². The van der Waals surface area contributed by atoms with Gasteiger partial charge in [0.05, 0.1) is 25.8 Å². The number of carbonyl (C=O) groups excluding carboxylic acids is 1. The van der Waals surface area contributed by atoms with Crippen LogP contribution in [0.5, 0.6) is 28.7 Å². The normalized spacial score (nSPS) is 15.9. The zero-order chi connectivity index (χ0) is 20.5. The summed E-state index contributed by atoms with van der Waals surface area (Å²) in [5, 5.41) is 0. The molecule has 4 rings (SSSR count). The van der Waals surface area contributed by atoms with E-state index in [-0.39, 0.29) is 18.4 Å². The van der Waals surface area contributed by atoms with Crippen molar-refractivity contribution in [3.8, 4) is 28.7 Å². The Labute approximate surface area is 174 Å². The predicted molar refractivity (Wildman–Crippen MR) is 107 cm³/mol. The lowest BCUT2D eigenvalue weighted by atomic mass is 10.1. The minimum atomic E-state index is -0.567. The van der Waals surface area contributed by atoms with Gasteiger partial charge in [0.25, 0.3) is 0 Å². The zero-order valence-electron chi connectivity index (χ0n) is 15.8. The molecule has 0 unspecified atom stereocenters. The third-order valence-corrected chi connectivity index (χ3v) is 4.87. The van der Waals surface area contributed by atoms with E-state index < -0.39 is 5.97 Å². The van der Waals surface area contributed by atoms with Gasteiger partial charge in [-0.2, -0.15) is 0 Å². The van der Waals surface area contributed by atoms with Gasteiger partial charge in [-0.15, -0.1) is 0 Å². The molecule has 29 heavy (non-hydrogen) atoms. The average Bonchev–Trinajstić information content (AvgIpc) is 3.34. The van der Waals surface area contributed by atoms with Crippen LogP contribution in [-0.2, 0) is 9.53 Å². The van der Waals surface area contributed by atoms with E-state index in [0.29, 0.717) is 39.9 Å². The zero-order valence-corrected chi connectivity index (χ0v) is 17.4. The summed E-state index contributed by atoms with van der Waals surface area (Å²) in [4.78, 5) is 16.7. The third kappa shape index (κ3) is 3.49. The van der Waals surface area contributed by atoms with Crippen molar-refractivity contribution >= 4 is 33.9 Å². The van der Waals surface area contributed by atoms with Crippen LogP contribution in [0.15, 0.2) is 39.4 Å². The molecule has 2 aromatic carbocycles. The molecule has 2 aliphatic heterocycles. The summed E-state index contributed by atoms with van der Waals surface area (Å²) in [6.07, 6.45) is 1.61. The average molecular weight is 462 g/mol. The maximum Gasteiger partial charge on any atom is 0.363 e. The fourth-order valence-electron chi connectivity index (χ4n) is 2.97. The number of hydrogen-bond donors (Lipinski definition) is 0. The fourth-order valence-corrected chi connectivity index (χ4v) is 3.54. The predicted octanol–water partition coefficient (Wildman–Crippen LogP) is 3.55. The Morgan fingerprint density at radius 2 is 1.76 bits per heavy atom.